The number of ether oxygens (including phenoxy) is 3. The maximum absolute atomic E-state index is 12.1. The third kappa shape index (κ3) is 4.72. The van der Waals surface area contributed by atoms with Gasteiger partial charge in [-0.2, -0.15) is 0 Å². The lowest BCUT2D eigenvalue weighted by molar-refractivity contribution is 0.0483. The van der Waals surface area contributed by atoms with Gasteiger partial charge < -0.3 is 14.2 Å². The lowest BCUT2D eigenvalue weighted by Gasteiger charge is -2.19. The molecule has 25 heavy (non-hydrogen) atoms. The third-order valence-electron chi connectivity index (χ3n) is 3.13. The highest BCUT2D eigenvalue weighted by Crippen LogP contribution is 2.31. The van der Waals surface area contributed by atoms with Crippen LogP contribution < -0.4 is 20.3 Å². The number of benzene rings is 1. The Bertz CT molecular complexity index is 799. The molecule has 0 saturated heterocycles. The number of nitrogens with one attached hydrogen (secondary N) is 2. The van der Waals surface area contributed by atoms with Gasteiger partial charge in [0.25, 0.3) is 5.91 Å². The lowest BCUT2D eigenvalue weighted by Crippen LogP contribution is -2.44. The van der Waals surface area contributed by atoms with Crippen molar-refractivity contribution in [2.24, 2.45) is 0 Å². The van der Waals surface area contributed by atoms with Crippen molar-refractivity contribution in [1.29, 1.82) is 0 Å². The van der Waals surface area contributed by atoms with E-state index in [1.165, 1.54) is 7.11 Å². The van der Waals surface area contributed by atoms with Crippen molar-refractivity contribution in [3.8, 4) is 11.5 Å². The van der Waals surface area contributed by atoms with Gasteiger partial charge in [0.2, 0.25) is 0 Å². The van der Waals surface area contributed by atoms with Gasteiger partial charge in [0.15, 0.2) is 11.5 Å². The Labute approximate surface area is 145 Å². The van der Waals surface area contributed by atoms with E-state index in [0.29, 0.717) is 11.5 Å². The summed E-state index contributed by atoms with van der Waals surface area (Å²) in [5.74, 6) is 0.544. The summed E-state index contributed by atoms with van der Waals surface area (Å²) in [6.07, 6.45) is 0.785. The summed E-state index contributed by atoms with van der Waals surface area (Å²) < 4.78 is 15.5. The molecule has 1 heterocycles. The van der Waals surface area contributed by atoms with E-state index in [1.54, 1.807) is 52.3 Å². The van der Waals surface area contributed by atoms with Gasteiger partial charge >= 0.3 is 6.09 Å². The predicted molar refractivity (Wildman–Crippen MR) is 91.7 cm³/mol. The van der Waals surface area contributed by atoms with Crippen LogP contribution in [0.3, 0.4) is 0 Å². The molecule has 0 spiro atoms. The Morgan fingerprint density at radius 3 is 2.12 bits per heavy atom. The molecular formula is C17H21N3O5. The van der Waals surface area contributed by atoms with Crippen LogP contribution in [0.4, 0.5) is 4.79 Å². The molecule has 1 aromatic heterocycles. The van der Waals surface area contributed by atoms with E-state index in [4.69, 9.17) is 14.2 Å². The summed E-state index contributed by atoms with van der Waals surface area (Å²) in [5.41, 5.74) is 3.91. The van der Waals surface area contributed by atoms with Crippen LogP contribution in [-0.4, -0.2) is 36.8 Å². The number of carbonyl (C=O) groups excluding carboxylic acids is 2. The van der Waals surface area contributed by atoms with Gasteiger partial charge in [0.1, 0.15) is 11.3 Å². The van der Waals surface area contributed by atoms with Crippen molar-refractivity contribution in [2.45, 2.75) is 26.4 Å². The molecule has 0 bridgehead atoms. The molecule has 0 aliphatic carbocycles. The number of rotatable bonds is 3. The van der Waals surface area contributed by atoms with E-state index in [1.807, 2.05) is 0 Å². The molecule has 1 aromatic carbocycles. The zero-order valence-corrected chi connectivity index (χ0v) is 14.8. The van der Waals surface area contributed by atoms with Gasteiger partial charge in [0.05, 0.1) is 14.2 Å². The molecule has 2 aromatic rings. The Balaban J connectivity index is 2.15. The molecule has 8 nitrogen and oxygen atoms in total. The van der Waals surface area contributed by atoms with Crippen molar-refractivity contribution < 1.29 is 23.8 Å². The smallest absolute Gasteiger partial charge is 0.426 e. The standard InChI is InChI=1S/C17H21N3O5/c1-17(2,3)25-16(22)20-19-15(21)12-6-10-7-13(23-4)14(24-5)8-11(10)9-18-12/h6-9H,1-5H3,(H,19,21)(H,20,22). The summed E-state index contributed by atoms with van der Waals surface area (Å²) >= 11 is 0. The van der Waals surface area contributed by atoms with Crippen LogP contribution in [0.5, 0.6) is 11.5 Å². The molecule has 8 heteroatoms. The first kappa shape index (κ1) is 18.3. The Hall–Kier alpha value is -3.03. The average molecular weight is 347 g/mol. The van der Waals surface area contributed by atoms with Crippen LogP contribution in [-0.2, 0) is 4.74 Å². The summed E-state index contributed by atoms with van der Waals surface area (Å²) in [6, 6.07) is 5.10. The van der Waals surface area contributed by atoms with E-state index >= 15 is 0 Å². The number of hydrazine groups is 1. The van der Waals surface area contributed by atoms with Crippen LogP contribution in [0.2, 0.25) is 0 Å². The fraction of sp³-hybridized carbons (Fsp3) is 0.353. The fourth-order valence-electron chi connectivity index (χ4n) is 2.07. The quantitative estimate of drug-likeness (QED) is 0.828. The number of amides is 2. The maximum atomic E-state index is 12.1. The SMILES string of the molecule is COc1cc2cnc(C(=O)NNC(=O)OC(C)(C)C)cc2cc1OC. The molecule has 0 radical (unpaired) electrons. The van der Waals surface area contributed by atoms with Gasteiger partial charge in [-0.15, -0.1) is 0 Å². The molecule has 0 saturated carbocycles. The van der Waals surface area contributed by atoms with Crippen LogP contribution in [0.25, 0.3) is 10.8 Å². The Morgan fingerprint density at radius 1 is 0.960 bits per heavy atom. The second-order valence-corrected chi connectivity index (χ2v) is 6.20. The first-order valence-corrected chi connectivity index (χ1v) is 7.54. The Kier molecular flexibility index (Phi) is 5.31. The molecule has 2 N–H and O–H groups in total. The van der Waals surface area contributed by atoms with Crippen LogP contribution >= 0.6 is 0 Å². The van der Waals surface area contributed by atoms with Crippen molar-refractivity contribution in [3.05, 3.63) is 30.1 Å². The molecule has 0 unspecified atom stereocenters. The average Bonchev–Trinajstić information content (AvgIpc) is 2.56. The number of methoxy groups -OCH3 is 2. The first-order chi connectivity index (χ1) is 11.7. The summed E-state index contributed by atoms with van der Waals surface area (Å²) in [4.78, 5) is 27.8. The van der Waals surface area contributed by atoms with Crippen molar-refractivity contribution in [3.63, 3.8) is 0 Å². The number of aromatic nitrogens is 1. The largest absolute Gasteiger partial charge is 0.493 e. The zero-order chi connectivity index (χ0) is 18.6. The minimum Gasteiger partial charge on any atom is -0.493 e. The fourth-order valence-corrected chi connectivity index (χ4v) is 2.07. The van der Waals surface area contributed by atoms with Crippen LogP contribution in [0.15, 0.2) is 24.4 Å². The van der Waals surface area contributed by atoms with E-state index in [0.717, 1.165) is 10.8 Å². The van der Waals surface area contributed by atoms with Gasteiger partial charge in [-0.1, -0.05) is 0 Å². The summed E-state index contributed by atoms with van der Waals surface area (Å²) in [7, 11) is 3.07. The molecule has 0 atom stereocenters. The minimum atomic E-state index is -0.756. The van der Waals surface area contributed by atoms with Crippen molar-refractivity contribution in [2.75, 3.05) is 14.2 Å². The highest BCUT2D eigenvalue weighted by Gasteiger charge is 2.17. The second-order valence-electron chi connectivity index (χ2n) is 6.20. The van der Waals surface area contributed by atoms with Crippen molar-refractivity contribution in [1.82, 2.24) is 15.8 Å². The molecule has 2 amide bonds. The molecular weight excluding hydrogens is 326 g/mol. The van der Waals surface area contributed by atoms with Crippen molar-refractivity contribution >= 4 is 22.8 Å². The van der Waals surface area contributed by atoms with Crippen LogP contribution in [0.1, 0.15) is 31.3 Å². The van der Waals surface area contributed by atoms with E-state index in [-0.39, 0.29) is 5.69 Å². The van der Waals surface area contributed by atoms with Crippen LogP contribution in [0, 0.1) is 0 Å². The zero-order valence-electron chi connectivity index (χ0n) is 14.8. The van der Waals surface area contributed by atoms with E-state index in [2.05, 4.69) is 15.8 Å². The van der Waals surface area contributed by atoms with Gasteiger partial charge in [-0.25, -0.2) is 10.2 Å². The van der Waals surface area contributed by atoms with Gasteiger partial charge in [-0.05, 0) is 44.4 Å². The molecule has 0 aliphatic heterocycles. The third-order valence-corrected chi connectivity index (χ3v) is 3.13. The van der Waals surface area contributed by atoms with Gasteiger partial charge in [-0.3, -0.25) is 15.2 Å². The second kappa shape index (κ2) is 7.25. The van der Waals surface area contributed by atoms with Gasteiger partial charge in [0, 0.05) is 11.6 Å². The molecule has 134 valence electrons. The molecule has 0 aliphatic rings. The molecule has 2 rings (SSSR count). The molecule has 0 fully saturated rings. The lowest BCUT2D eigenvalue weighted by atomic mass is 10.1. The number of hydrogen-bond donors (Lipinski definition) is 2. The highest BCUT2D eigenvalue weighted by atomic mass is 16.6. The highest BCUT2D eigenvalue weighted by molar-refractivity contribution is 5.97. The topological polar surface area (TPSA) is 98.8 Å². The van der Waals surface area contributed by atoms with E-state index in [9.17, 15) is 9.59 Å². The first-order valence-electron chi connectivity index (χ1n) is 7.54. The predicted octanol–water partition coefficient (Wildman–Crippen LogP) is 2.42. The number of fused-ring (bicyclic) bond motifs is 1. The summed E-state index contributed by atoms with van der Waals surface area (Å²) in [6.45, 7) is 5.17. The monoisotopic (exact) mass is 347 g/mol. The number of hydrogen-bond acceptors (Lipinski definition) is 6. The number of pyridine rings is 1. The minimum absolute atomic E-state index is 0.135. The normalized spacial score (nSPS) is 10.9. The maximum Gasteiger partial charge on any atom is 0.426 e. The van der Waals surface area contributed by atoms with E-state index < -0.39 is 17.6 Å². The Morgan fingerprint density at radius 2 is 1.56 bits per heavy atom. The number of nitrogens with zero attached hydrogens (tertiary/aromatic N) is 1. The number of carbonyl (C=O) groups is 2. The summed E-state index contributed by atoms with van der Waals surface area (Å²) in [5, 5.41) is 1.53.